The maximum atomic E-state index is 4.00. The summed E-state index contributed by atoms with van der Waals surface area (Å²) >= 11 is 4.00. The SMILES string of the molecule is CC.Cl.Cl.[PH2+]=S. The Bertz CT molecular complexity index is 11.5. The van der Waals surface area contributed by atoms with Gasteiger partial charge >= 0.3 is 0 Å². The molecule has 0 fully saturated rings. The van der Waals surface area contributed by atoms with Gasteiger partial charge in [0.1, 0.15) is 8.02 Å². The van der Waals surface area contributed by atoms with Crippen LogP contribution in [0.4, 0.5) is 0 Å². The van der Waals surface area contributed by atoms with E-state index in [0.29, 0.717) is 0 Å². The van der Waals surface area contributed by atoms with Gasteiger partial charge in [-0.25, -0.2) is 0 Å². The van der Waals surface area contributed by atoms with Gasteiger partial charge in [0.15, 0.2) is 11.8 Å². The van der Waals surface area contributed by atoms with Crippen molar-refractivity contribution in [3.05, 3.63) is 0 Å². The van der Waals surface area contributed by atoms with Gasteiger partial charge in [-0.05, 0) is 0 Å². The Morgan fingerprint density at radius 2 is 1.00 bits per heavy atom. The largest absolute Gasteiger partial charge is 0.153 e. The molecular weight excluding hydrogens is 158 g/mol. The van der Waals surface area contributed by atoms with Crippen LogP contribution in [-0.4, -0.2) is 0 Å². The summed E-state index contributed by atoms with van der Waals surface area (Å²) in [7, 11) is 2.00. The Labute approximate surface area is 58.8 Å². The van der Waals surface area contributed by atoms with E-state index >= 15 is 0 Å². The first-order chi connectivity index (χ1) is 2.00. The first kappa shape index (κ1) is 27.5. The van der Waals surface area contributed by atoms with Crippen molar-refractivity contribution >= 4 is 44.6 Å². The molecule has 0 heterocycles. The van der Waals surface area contributed by atoms with Crippen molar-refractivity contribution in [3.63, 3.8) is 0 Å². The molecule has 4 heteroatoms. The monoisotopic (exact) mass is 167 g/mol. The number of halogens is 2. The molecule has 0 N–H and O–H groups in total. The molecule has 0 saturated heterocycles. The molecule has 0 rings (SSSR count). The highest BCUT2D eigenvalue weighted by Gasteiger charge is 0.932. The van der Waals surface area contributed by atoms with Crippen LogP contribution in [0.1, 0.15) is 13.8 Å². The Balaban J connectivity index is -0.00000000500. The fourth-order valence-corrected chi connectivity index (χ4v) is 0. The summed E-state index contributed by atoms with van der Waals surface area (Å²) in [5, 5.41) is 0. The average molecular weight is 168 g/mol. The average Bonchev–Trinajstić information content (AvgIpc) is 1.50. The zero-order valence-electron chi connectivity index (χ0n) is 3.80. The number of hydrogen-bond donors (Lipinski definition) is 0. The Kier molecular flexibility index (Phi) is 601. The van der Waals surface area contributed by atoms with Crippen molar-refractivity contribution in [2.24, 2.45) is 0 Å². The molecule has 0 aromatic heterocycles. The molecule has 0 nitrogen and oxygen atoms in total. The quantitative estimate of drug-likeness (QED) is 0.499. The lowest BCUT2D eigenvalue weighted by atomic mass is 11.0. The second-order valence-electron chi connectivity index (χ2n) is 0. The normalized spacial score (nSPS) is 1.67. The van der Waals surface area contributed by atoms with Crippen LogP contribution in [0.25, 0.3) is 0 Å². The molecule has 0 radical (unpaired) electrons. The lowest BCUT2D eigenvalue weighted by Gasteiger charge is -1.07. The smallest absolute Gasteiger partial charge is 0.147 e. The third-order valence-corrected chi connectivity index (χ3v) is 0. The van der Waals surface area contributed by atoms with E-state index in [-0.39, 0.29) is 24.8 Å². The summed E-state index contributed by atoms with van der Waals surface area (Å²) in [6.07, 6.45) is 0. The predicted octanol–water partition coefficient (Wildman–Crippen LogP) is 2.19. The van der Waals surface area contributed by atoms with Crippen molar-refractivity contribution < 1.29 is 0 Å². The molecule has 42 valence electrons. The summed E-state index contributed by atoms with van der Waals surface area (Å²) in [5.41, 5.74) is 0. The minimum atomic E-state index is 0. The van der Waals surface area contributed by atoms with Gasteiger partial charge in [0.25, 0.3) is 0 Å². The maximum Gasteiger partial charge on any atom is 0.153 e. The second-order valence-corrected chi connectivity index (χ2v) is 0. The van der Waals surface area contributed by atoms with E-state index < -0.39 is 0 Å². The molecule has 1 unspecified atom stereocenters. The number of rotatable bonds is 0. The third kappa shape index (κ3) is 70.9. The van der Waals surface area contributed by atoms with Crippen LogP contribution < -0.4 is 0 Å². The van der Waals surface area contributed by atoms with E-state index in [1.54, 1.807) is 0 Å². The molecule has 0 aliphatic carbocycles. The second kappa shape index (κ2) is 131. The predicted molar refractivity (Wildman–Crippen MR) is 42.9 cm³/mol. The van der Waals surface area contributed by atoms with E-state index in [9.17, 15) is 0 Å². The van der Waals surface area contributed by atoms with Crippen molar-refractivity contribution in [2.75, 3.05) is 0 Å². The van der Waals surface area contributed by atoms with Crippen LogP contribution in [0.2, 0.25) is 0 Å². The molecule has 0 saturated carbocycles. The Morgan fingerprint density at radius 1 is 1.00 bits per heavy atom. The van der Waals surface area contributed by atoms with Crippen molar-refractivity contribution in [1.82, 2.24) is 0 Å². The van der Waals surface area contributed by atoms with E-state index in [2.05, 4.69) is 11.8 Å². The lowest BCUT2D eigenvalue weighted by Crippen LogP contribution is -0.856. The van der Waals surface area contributed by atoms with Crippen LogP contribution in [0.15, 0.2) is 0 Å². The van der Waals surface area contributed by atoms with Gasteiger partial charge < -0.3 is 0 Å². The molecule has 0 bridgehead atoms. The summed E-state index contributed by atoms with van der Waals surface area (Å²) in [5.74, 6) is 0. The van der Waals surface area contributed by atoms with E-state index in [1.807, 2.05) is 21.9 Å². The molecule has 0 spiro atoms. The summed E-state index contributed by atoms with van der Waals surface area (Å²) in [4.78, 5) is 0. The highest BCUT2D eigenvalue weighted by atomic mass is 35.5. The van der Waals surface area contributed by atoms with Crippen molar-refractivity contribution in [3.8, 4) is 0 Å². The van der Waals surface area contributed by atoms with Gasteiger partial charge in [0, 0.05) is 0 Å². The summed E-state index contributed by atoms with van der Waals surface area (Å²) < 4.78 is 0. The van der Waals surface area contributed by atoms with Crippen LogP contribution in [0.3, 0.4) is 0 Å². The molecule has 0 aromatic carbocycles. The molecule has 0 aliphatic rings. The molecule has 0 aromatic rings. The van der Waals surface area contributed by atoms with Gasteiger partial charge in [-0.15, -0.1) is 24.8 Å². The fraction of sp³-hybridized carbons (Fsp3) is 1.00. The minimum absolute atomic E-state index is 0. The van der Waals surface area contributed by atoms with Gasteiger partial charge in [0.2, 0.25) is 0 Å². The Hall–Kier alpha value is 1.10. The van der Waals surface area contributed by atoms with E-state index in [1.165, 1.54) is 0 Å². The van der Waals surface area contributed by atoms with Crippen molar-refractivity contribution in [1.29, 1.82) is 0 Å². The van der Waals surface area contributed by atoms with Gasteiger partial charge in [-0.1, -0.05) is 13.8 Å². The first-order valence-corrected chi connectivity index (χ1v) is 3.12. The molecular formula is C2H10Cl2PS+. The van der Waals surface area contributed by atoms with Crippen LogP contribution in [-0.2, 0) is 11.8 Å². The highest BCUT2D eigenvalue weighted by molar-refractivity contribution is 7.88. The molecule has 6 heavy (non-hydrogen) atoms. The van der Waals surface area contributed by atoms with Crippen LogP contribution >= 0.6 is 32.8 Å². The molecule has 0 amide bonds. The molecule has 1 atom stereocenters. The van der Waals surface area contributed by atoms with Gasteiger partial charge in [0.05, 0.1) is 0 Å². The summed E-state index contributed by atoms with van der Waals surface area (Å²) in [6, 6.07) is 0. The van der Waals surface area contributed by atoms with Gasteiger partial charge in [-0.2, -0.15) is 0 Å². The van der Waals surface area contributed by atoms with Crippen LogP contribution in [0.5, 0.6) is 0 Å². The first-order valence-electron chi connectivity index (χ1n) is 1.24. The third-order valence-electron chi connectivity index (χ3n) is 0. The van der Waals surface area contributed by atoms with Gasteiger partial charge in [-0.3, -0.25) is 0 Å². The van der Waals surface area contributed by atoms with E-state index in [4.69, 9.17) is 0 Å². The van der Waals surface area contributed by atoms with Crippen LogP contribution in [0, 0.1) is 0 Å². The topological polar surface area (TPSA) is 0 Å². The fourth-order valence-electron chi connectivity index (χ4n) is 0. The Morgan fingerprint density at radius 3 is 1.00 bits per heavy atom. The minimum Gasteiger partial charge on any atom is -0.147 e. The zero-order valence-corrected chi connectivity index (χ0v) is 7.41. The highest BCUT2D eigenvalue weighted by Crippen LogP contribution is 1.26. The molecule has 0 aliphatic heterocycles. The van der Waals surface area contributed by atoms with E-state index in [0.717, 1.165) is 0 Å². The van der Waals surface area contributed by atoms with Crippen molar-refractivity contribution in [2.45, 2.75) is 13.8 Å². The zero-order chi connectivity index (χ0) is 4.00. The maximum absolute atomic E-state index is 4.00. The standard InChI is InChI=1S/C2H6.2ClH.HPS/c1-2;;;1-2/h1-2H3;2*1H;1H/p+1. The lowest BCUT2D eigenvalue weighted by molar-refractivity contribution is 1.50. The number of hydrogen-bond acceptors (Lipinski definition) is 1. The summed E-state index contributed by atoms with van der Waals surface area (Å²) in [6.45, 7) is 4.00.